The second-order valence-corrected chi connectivity index (χ2v) is 6.01. The van der Waals surface area contributed by atoms with Crippen molar-refractivity contribution in [1.29, 1.82) is 0 Å². The molecule has 1 aliphatic carbocycles. The highest BCUT2D eigenvalue weighted by atomic mass is 79.9. The number of nitrogens with zero attached hydrogens (tertiary/aromatic N) is 1. The van der Waals surface area contributed by atoms with Crippen molar-refractivity contribution in [1.82, 2.24) is 4.98 Å². The Kier molecular flexibility index (Phi) is 3.21. The van der Waals surface area contributed by atoms with Gasteiger partial charge in [-0.15, -0.1) is 0 Å². The molecular formula is C15H7BrF3NO2. The summed E-state index contributed by atoms with van der Waals surface area (Å²) in [4.78, 5) is 28.5. The Labute approximate surface area is 131 Å². The topological polar surface area (TPSA) is 47.0 Å². The molecule has 1 heterocycles. The number of hydrogen-bond acceptors (Lipinski definition) is 3. The maximum absolute atomic E-state index is 12.8. The van der Waals surface area contributed by atoms with Gasteiger partial charge in [-0.3, -0.25) is 14.6 Å². The SMILES string of the molecule is O=C1c2ccccc2C(=O)C1(Br)c1cncc(C(F)(F)F)c1. The van der Waals surface area contributed by atoms with Crippen molar-refractivity contribution < 1.29 is 22.8 Å². The predicted molar refractivity (Wildman–Crippen MR) is 74.9 cm³/mol. The zero-order valence-corrected chi connectivity index (χ0v) is 12.4. The summed E-state index contributed by atoms with van der Waals surface area (Å²) in [6.07, 6.45) is -2.87. The van der Waals surface area contributed by atoms with Crippen LogP contribution in [0.1, 0.15) is 31.8 Å². The van der Waals surface area contributed by atoms with Crippen LogP contribution in [0.2, 0.25) is 0 Å². The van der Waals surface area contributed by atoms with Gasteiger partial charge in [0, 0.05) is 29.1 Å². The molecule has 0 fully saturated rings. The zero-order valence-electron chi connectivity index (χ0n) is 10.8. The highest BCUT2D eigenvalue weighted by molar-refractivity contribution is 9.10. The Bertz CT molecular complexity index is 766. The molecule has 0 saturated carbocycles. The van der Waals surface area contributed by atoms with Crippen LogP contribution in [0.5, 0.6) is 0 Å². The molecule has 0 spiro atoms. The molecular weight excluding hydrogens is 363 g/mol. The van der Waals surface area contributed by atoms with E-state index in [4.69, 9.17) is 0 Å². The van der Waals surface area contributed by atoms with Crippen LogP contribution in [-0.4, -0.2) is 16.6 Å². The Hall–Kier alpha value is -2.02. The van der Waals surface area contributed by atoms with Gasteiger partial charge in [0.15, 0.2) is 15.9 Å². The van der Waals surface area contributed by atoms with Crippen molar-refractivity contribution in [2.75, 3.05) is 0 Å². The van der Waals surface area contributed by atoms with Crippen LogP contribution in [0.4, 0.5) is 13.2 Å². The molecule has 0 radical (unpaired) electrons. The van der Waals surface area contributed by atoms with E-state index < -0.39 is 27.6 Å². The Balaban J connectivity index is 2.17. The molecule has 2 aromatic rings. The summed E-state index contributed by atoms with van der Waals surface area (Å²) in [7, 11) is 0. The third-order valence-electron chi connectivity index (χ3n) is 3.51. The standard InChI is InChI=1S/C15H7BrF3NO2/c16-14(8-5-9(7-20-6-8)15(17,18)19)12(21)10-3-1-2-4-11(10)13(14)22/h1-7H. The predicted octanol–water partition coefficient (Wildman–Crippen LogP) is 3.77. The molecule has 0 unspecified atom stereocenters. The second kappa shape index (κ2) is 4.74. The number of carbonyl (C=O) groups excluding carboxylic acids is 2. The molecule has 0 atom stereocenters. The van der Waals surface area contributed by atoms with Crippen molar-refractivity contribution in [2.24, 2.45) is 0 Å². The number of alkyl halides is 4. The number of Topliss-reactive ketones (excluding diaryl/α,β-unsaturated/α-hetero) is 2. The van der Waals surface area contributed by atoms with E-state index in [2.05, 4.69) is 20.9 Å². The van der Waals surface area contributed by atoms with Gasteiger partial charge >= 0.3 is 6.18 Å². The second-order valence-electron chi connectivity index (χ2n) is 4.82. The van der Waals surface area contributed by atoms with Crippen molar-refractivity contribution in [3.63, 3.8) is 0 Å². The average Bonchev–Trinajstić information content (AvgIpc) is 2.70. The minimum absolute atomic E-state index is 0.131. The van der Waals surface area contributed by atoms with E-state index >= 15 is 0 Å². The van der Waals surface area contributed by atoms with E-state index in [1.165, 1.54) is 12.1 Å². The molecule has 0 amide bonds. The number of halogens is 4. The summed E-state index contributed by atoms with van der Waals surface area (Å²) >= 11 is 3.06. The number of fused-ring (bicyclic) bond motifs is 1. The summed E-state index contributed by atoms with van der Waals surface area (Å²) in [6.45, 7) is 0. The monoisotopic (exact) mass is 369 g/mol. The van der Waals surface area contributed by atoms with Gasteiger partial charge in [-0.1, -0.05) is 40.2 Å². The number of carbonyl (C=O) groups is 2. The van der Waals surface area contributed by atoms with Gasteiger partial charge in [0.2, 0.25) is 0 Å². The fraction of sp³-hybridized carbons (Fsp3) is 0.133. The first-order valence-electron chi connectivity index (χ1n) is 6.16. The highest BCUT2D eigenvalue weighted by Gasteiger charge is 2.53. The van der Waals surface area contributed by atoms with Gasteiger partial charge < -0.3 is 0 Å². The summed E-state index contributed by atoms with van der Waals surface area (Å²) in [6, 6.07) is 6.89. The molecule has 112 valence electrons. The van der Waals surface area contributed by atoms with E-state index in [-0.39, 0.29) is 16.7 Å². The van der Waals surface area contributed by atoms with Gasteiger partial charge in [0.1, 0.15) is 0 Å². The van der Waals surface area contributed by atoms with Crippen LogP contribution in [0.15, 0.2) is 42.7 Å². The molecule has 7 heteroatoms. The van der Waals surface area contributed by atoms with Crippen LogP contribution in [-0.2, 0) is 10.5 Å². The average molecular weight is 370 g/mol. The summed E-state index contributed by atoms with van der Waals surface area (Å²) in [5.74, 6) is -1.18. The number of hydrogen-bond donors (Lipinski definition) is 0. The van der Waals surface area contributed by atoms with Gasteiger partial charge in [0.05, 0.1) is 5.56 Å². The molecule has 1 aromatic carbocycles. The fourth-order valence-electron chi connectivity index (χ4n) is 2.40. The van der Waals surface area contributed by atoms with Gasteiger partial charge in [-0.2, -0.15) is 13.2 Å². The third-order valence-corrected chi connectivity index (χ3v) is 4.68. The lowest BCUT2D eigenvalue weighted by atomic mass is 9.94. The molecule has 1 aliphatic rings. The largest absolute Gasteiger partial charge is 0.417 e. The quantitative estimate of drug-likeness (QED) is 0.567. The Morgan fingerprint density at radius 1 is 1.00 bits per heavy atom. The van der Waals surface area contributed by atoms with Crippen molar-refractivity contribution in [3.05, 3.63) is 65.0 Å². The molecule has 1 aromatic heterocycles. The molecule has 0 bridgehead atoms. The van der Waals surface area contributed by atoms with Crippen LogP contribution in [0, 0.1) is 0 Å². The van der Waals surface area contributed by atoms with Gasteiger partial charge in [-0.05, 0) is 6.07 Å². The number of rotatable bonds is 1. The first-order valence-corrected chi connectivity index (χ1v) is 6.96. The van der Waals surface area contributed by atoms with Crippen LogP contribution in [0.3, 0.4) is 0 Å². The zero-order chi connectivity index (χ0) is 16.1. The van der Waals surface area contributed by atoms with Crippen molar-refractivity contribution in [3.8, 4) is 0 Å². The van der Waals surface area contributed by atoms with E-state index in [1.807, 2.05) is 0 Å². The number of aromatic nitrogens is 1. The summed E-state index contributed by atoms with van der Waals surface area (Å²) in [5, 5.41) is 0. The van der Waals surface area contributed by atoms with E-state index in [0.717, 1.165) is 12.3 Å². The van der Waals surface area contributed by atoms with Crippen molar-refractivity contribution >= 4 is 27.5 Å². The van der Waals surface area contributed by atoms with Crippen molar-refractivity contribution in [2.45, 2.75) is 10.5 Å². The van der Waals surface area contributed by atoms with Gasteiger partial charge in [-0.25, -0.2) is 0 Å². The molecule has 0 aliphatic heterocycles. The van der Waals surface area contributed by atoms with E-state index in [1.54, 1.807) is 12.1 Å². The number of benzene rings is 1. The van der Waals surface area contributed by atoms with E-state index in [0.29, 0.717) is 6.20 Å². The maximum Gasteiger partial charge on any atom is 0.417 e. The summed E-state index contributed by atoms with van der Waals surface area (Å²) < 4.78 is 36.6. The Morgan fingerprint density at radius 3 is 2.05 bits per heavy atom. The van der Waals surface area contributed by atoms with Gasteiger partial charge in [0.25, 0.3) is 0 Å². The maximum atomic E-state index is 12.8. The van der Waals surface area contributed by atoms with E-state index in [9.17, 15) is 22.8 Å². The first kappa shape index (κ1) is 14.9. The first-order chi connectivity index (χ1) is 10.3. The third kappa shape index (κ3) is 1.99. The van der Waals surface area contributed by atoms with Crippen LogP contribution >= 0.6 is 15.9 Å². The normalized spacial score (nSPS) is 16.7. The Morgan fingerprint density at radius 2 is 1.55 bits per heavy atom. The van der Waals surface area contributed by atoms with Crippen LogP contribution in [0.25, 0.3) is 0 Å². The lowest BCUT2D eigenvalue weighted by Crippen LogP contribution is -2.32. The minimum atomic E-state index is -4.61. The molecule has 0 N–H and O–H groups in total. The highest BCUT2D eigenvalue weighted by Crippen LogP contribution is 2.45. The van der Waals surface area contributed by atoms with Crippen LogP contribution < -0.4 is 0 Å². The minimum Gasteiger partial charge on any atom is -0.292 e. The molecule has 22 heavy (non-hydrogen) atoms. The molecule has 3 rings (SSSR count). The lowest BCUT2D eigenvalue weighted by molar-refractivity contribution is -0.137. The number of ketones is 2. The fourth-order valence-corrected chi connectivity index (χ4v) is 3.04. The molecule has 0 saturated heterocycles. The molecule has 3 nitrogen and oxygen atoms in total. The number of pyridine rings is 1. The summed E-state index contributed by atoms with van der Waals surface area (Å²) in [5.41, 5.74) is -0.780. The smallest absolute Gasteiger partial charge is 0.292 e. The lowest BCUT2D eigenvalue weighted by Gasteiger charge is -2.19.